The number of nitrogens with one attached hydrogen (secondary N) is 1. The van der Waals surface area contributed by atoms with Crippen molar-refractivity contribution in [1.29, 1.82) is 0 Å². The average molecular weight is 306 g/mol. The van der Waals surface area contributed by atoms with Gasteiger partial charge in [0.1, 0.15) is 5.75 Å². The number of amides is 2. The maximum Gasteiger partial charge on any atom is 0.317 e. The Bertz CT molecular complexity index is 545. The first-order valence-electron chi connectivity index (χ1n) is 7.59. The van der Waals surface area contributed by atoms with Crippen LogP contribution in [0.5, 0.6) is 5.75 Å². The van der Waals surface area contributed by atoms with Crippen molar-refractivity contribution in [1.82, 2.24) is 10.2 Å². The molecule has 0 aliphatic carbocycles. The number of rotatable bonds is 6. The Balaban J connectivity index is 1.91. The van der Waals surface area contributed by atoms with Crippen molar-refractivity contribution in [2.24, 2.45) is 0 Å². The van der Waals surface area contributed by atoms with E-state index in [1.54, 1.807) is 4.90 Å². The van der Waals surface area contributed by atoms with Gasteiger partial charge in [-0.05, 0) is 36.1 Å². The predicted octanol–water partition coefficient (Wildman–Crippen LogP) is 2.02. The molecule has 2 amide bonds. The lowest BCUT2D eigenvalue weighted by molar-refractivity contribution is -0.136. The Morgan fingerprint density at radius 1 is 1.36 bits per heavy atom. The number of nitrogens with zero attached hydrogens (tertiary/aromatic N) is 1. The topological polar surface area (TPSA) is 78.9 Å². The number of aliphatic carboxylic acids is 1. The summed E-state index contributed by atoms with van der Waals surface area (Å²) in [7, 11) is 0. The Hall–Kier alpha value is -2.24. The van der Waals surface area contributed by atoms with Crippen molar-refractivity contribution < 1.29 is 19.4 Å². The third kappa shape index (κ3) is 4.38. The summed E-state index contributed by atoms with van der Waals surface area (Å²) >= 11 is 0. The summed E-state index contributed by atoms with van der Waals surface area (Å²) in [5, 5.41) is 11.2. The second kappa shape index (κ2) is 7.68. The normalized spacial score (nSPS) is 13.4. The summed E-state index contributed by atoms with van der Waals surface area (Å²) in [6.45, 7) is 4.10. The van der Waals surface area contributed by atoms with E-state index >= 15 is 0 Å². The molecular formula is C16H22N2O4. The summed E-state index contributed by atoms with van der Waals surface area (Å²) in [5.74, 6) is -0.0381. The number of carboxylic acid groups (broad SMARTS) is 1. The Morgan fingerprint density at radius 2 is 2.18 bits per heavy atom. The SMILES string of the molecule is CCCOc1ccc2c(c1)CCN(C(=O)NCCC(=O)O)C2. The van der Waals surface area contributed by atoms with Gasteiger partial charge in [-0.1, -0.05) is 13.0 Å². The molecule has 1 aromatic carbocycles. The van der Waals surface area contributed by atoms with Crippen LogP contribution in [0.4, 0.5) is 4.79 Å². The van der Waals surface area contributed by atoms with Crippen LogP contribution in [0.1, 0.15) is 30.9 Å². The zero-order valence-corrected chi connectivity index (χ0v) is 12.8. The molecule has 22 heavy (non-hydrogen) atoms. The quantitative estimate of drug-likeness (QED) is 0.843. The van der Waals surface area contributed by atoms with Gasteiger partial charge in [0.15, 0.2) is 0 Å². The molecule has 0 saturated carbocycles. The summed E-state index contributed by atoms with van der Waals surface area (Å²) in [6, 6.07) is 5.76. The number of urea groups is 1. The first kappa shape index (κ1) is 16.1. The molecule has 0 unspecified atom stereocenters. The molecule has 2 rings (SSSR count). The molecule has 0 atom stereocenters. The van der Waals surface area contributed by atoms with E-state index < -0.39 is 5.97 Å². The van der Waals surface area contributed by atoms with Gasteiger partial charge in [-0.2, -0.15) is 0 Å². The van der Waals surface area contributed by atoms with Crippen molar-refractivity contribution in [3.8, 4) is 5.75 Å². The summed E-state index contributed by atoms with van der Waals surface area (Å²) in [5.41, 5.74) is 2.33. The molecule has 0 aromatic heterocycles. The summed E-state index contributed by atoms with van der Waals surface area (Å²) in [6.07, 6.45) is 1.70. The van der Waals surface area contributed by atoms with Gasteiger partial charge in [0.05, 0.1) is 13.0 Å². The van der Waals surface area contributed by atoms with Crippen LogP contribution in [0, 0.1) is 0 Å². The lowest BCUT2D eigenvalue weighted by Crippen LogP contribution is -2.43. The Kier molecular flexibility index (Phi) is 5.63. The number of carbonyl (C=O) groups is 2. The van der Waals surface area contributed by atoms with Crippen LogP contribution in [0.25, 0.3) is 0 Å². The van der Waals surface area contributed by atoms with Crippen LogP contribution in [-0.2, 0) is 17.8 Å². The maximum absolute atomic E-state index is 12.0. The number of hydrogen-bond acceptors (Lipinski definition) is 3. The number of fused-ring (bicyclic) bond motifs is 1. The lowest BCUT2D eigenvalue weighted by atomic mass is 10.00. The van der Waals surface area contributed by atoms with Crippen LogP contribution in [0.2, 0.25) is 0 Å². The van der Waals surface area contributed by atoms with E-state index in [1.807, 2.05) is 18.2 Å². The van der Waals surface area contributed by atoms with Gasteiger partial charge < -0.3 is 20.1 Å². The van der Waals surface area contributed by atoms with E-state index in [4.69, 9.17) is 9.84 Å². The average Bonchev–Trinajstić information content (AvgIpc) is 2.51. The first-order chi connectivity index (χ1) is 10.6. The van der Waals surface area contributed by atoms with E-state index in [2.05, 4.69) is 12.2 Å². The molecule has 2 N–H and O–H groups in total. The van der Waals surface area contributed by atoms with Crippen molar-refractivity contribution >= 4 is 12.0 Å². The third-order valence-electron chi connectivity index (χ3n) is 3.57. The highest BCUT2D eigenvalue weighted by molar-refractivity contribution is 5.75. The van der Waals surface area contributed by atoms with Crippen molar-refractivity contribution in [2.75, 3.05) is 19.7 Å². The largest absolute Gasteiger partial charge is 0.494 e. The number of carboxylic acids is 1. The molecule has 0 saturated heterocycles. The van der Waals surface area contributed by atoms with Crippen LogP contribution in [0.3, 0.4) is 0 Å². The first-order valence-corrected chi connectivity index (χ1v) is 7.59. The van der Waals surface area contributed by atoms with Crippen LogP contribution in [-0.4, -0.2) is 41.7 Å². The van der Waals surface area contributed by atoms with Gasteiger partial charge in [0.25, 0.3) is 0 Å². The highest BCUT2D eigenvalue weighted by Crippen LogP contribution is 2.24. The van der Waals surface area contributed by atoms with Gasteiger partial charge >= 0.3 is 12.0 Å². The minimum absolute atomic E-state index is 0.0612. The predicted molar refractivity (Wildman–Crippen MR) is 82.0 cm³/mol. The number of hydrogen-bond donors (Lipinski definition) is 2. The standard InChI is InChI=1S/C16H22N2O4/c1-2-9-22-14-4-3-13-11-18(8-6-12(13)10-14)16(21)17-7-5-15(19)20/h3-4,10H,2,5-9,11H2,1H3,(H,17,21)(H,19,20). The van der Waals surface area contributed by atoms with Crippen LogP contribution >= 0.6 is 0 Å². The minimum Gasteiger partial charge on any atom is -0.494 e. The third-order valence-corrected chi connectivity index (χ3v) is 3.57. The fraction of sp³-hybridized carbons (Fsp3) is 0.500. The van der Waals surface area contributed by atoms with E-state index in [1.165, 1.54) is 5.56 Å². The van der Waals surface area contributed by atoms with E-state index in [0.29, 0.717) is 19.7 Å². The maximum atomic E-state index is 12.0. The molecule has 120 valence electrons. The number of ether oxygens (including phenoxy) is 1. The molecule has 6 heteroatoms. The number of benzene rings is 1. The van der Waals surface area contributed by atoms with Gasteiger partial charge in [-0.25, -0.2) is 4.79 Å². The van der Waals surface area contributed by atoms with E-state index in [9.17, 15) is 9.59 Å². The highest BCUT2D eigenvalue weighted by atomic mass is 16.5. The van der Waals surface area contributed by atoms with Gasteiger partial charge in [0, 0.05) is 19.6 Å². The lowest BCUT2D eigenvalue weighted by Gasteiger charge is -2.29. The molecular weight excluding hydrogens is 284 g/mol. The Labute approximate surface area is 130 Å². The van der Waals surface area contributed by atoms with Crippen LogP contribution < -0.4 is 10.1 Å². The second-order valence-corrected chi connectivity index (χ2v) is 5.33. The zero-order valence-electron chi connectivity index (χ0n) is 12.8. The van der Waals surface area contributed by atoms with E-state index in [-0.39, 0.29) is 19.0 Å². The molecule has 0 radical (unpaired) electrons. The second-order valence-electron chi connectivity index (χ2n) is 5.33. The van der Waals surface area contributed by atoms with Crippen molar-refractivity contribution in [3.63, 3.8) is 0 Å². The molecule has 1 heterocycles. The molecule has 1 aliphatic rings. The molecule has 0 spiro atoms. The molecule has 6 nitrogen and oxygen atoms in total. The number of carbonyl (C=O) groups excluding carboxylic acids is 1. The monoisotopic (exact) mass is 306 g/mol. The van der Waals surface area contributed by atoms with Crippen LogP contribution in [0.15, 0.2) is 18.2 Å². The Morgan fingerprint density at radius 3 is 2.91 bits per heavy atom. The minimum atomic E-state index is -0.913. The van der Waals surface area contributed by atoms with Gasteiger partial charge in [0.2, 0.25) is 0 Å². The van der Waals surface area contributed by atoms with Crippen molar-refractivity contribution in [2.45, 2.75) is 32.7 Å². The molecule has 0 fully saturated rings. The van der Waals surface area contributed by atoms with Gasteiger partial charge in [-0.15, -0.1) is 0 Å². The summed E-state index contributed by atoms with van der Waals surface area (Å²) < 4.78 is 5.62. The molecule has 1 aromatic rings. The zero-order chi connectivity index (χ0) is 15.9. The molecule has 0 bridgehead atoms. The fourth-order valence-corrected chi connectivity index (χ4v) is 2.40. The smallest absolute Gasteiger partial charge is 0.317 e. The summed E-state index contributed by atoms with van der Waals surface area (Å²) in [4.78, 5) is 24.2. The van der Waals surface area contributed by atoms with Gasteiger partial charge in [-0.3, -0.25) is 4.79 Å². The molecule has 1 aliphatic heterocycles. The fourth-order valence-electron chi connectivity index (χ4n) is 2.40. The van der Waals surface area contributed by atoms with E-state index in [0.717, 1.165) is 24.2 Å². The van der Waals surface area contributed by atoms with Crippen molar-refractivity contribution in [3.05, 3.63) is 29.3 Å². The highest BCUT2D eigenvalue weighted by Gasteiger charge is 2.20.